The molecule has 0 amide bonds. The molecule has 0 aromatic heterocycles. The number of carbonyl (C=O) groups is 2. The van der Waals surface area contributed by atoms with Gasteiger partial charge in [0, 0.05) is 72.2 Å². The number of nitrogens with zero attached hydrogens (tertiary/aromatic N) is 6. The maximum Gasteiger partial charge on any atom is 0.269 e. The molecule has 0 unspecified atom stereocenters. The van der Waals surface area contributed by atoms with Gasteiger partial charge in [0.1, 0.15) is 60.9 Å². The van der Waals surface area contributed by atoms with E-state index in [1.165, 1.54) is 62.4 Å². The molecule has 8 bridgehead atoms. The molecular weight excluding hydrogens is 1160 g/mol. The van der Waals surface area contributed by atoms with E-state index in [2.05, 4.69) is 20.5 Å². The Labute approximate surface area is 518 Å². The fourth-order valence-electron chi connectivity index (χ4n) is 9.91. The SMILES string of the molecule is CC(=O)c1ccccc1OCCOCCOCCOc1c2cccc1Cc1cc(N=Nc3ccc([N+](=O)[O-])cc3)cc(c1O)Cc1cccc(c1OCCOCCOCCOc1ccccc1C(C)=O)Cc1cc(N=Nc3ccc([N+](=O)[O-])cc3)cc(c1O)C2. The van der Waals surface area contributed by atoms with E-state index >= 15 is 0 Å². The molecule has 1 aliphatic carbocycles. The van der Waals surface area contributed by atoms with Crippen LogP contribution >= 0.6 is 0 Å². The van der Waals surface area contributed by atoms with E-state index in [4.69, 9.17) is 37.9 Å². The first kappa shape index (κ1) is 64.2. The van der Waals surface area contributed by atoms with Crippen LogP contribution in [-0.2, 0) is 44.6 Å². The maximum atomic E-state index is 12.4. The first-order valence-corrected chi connectivity index (χ1v) is 29.0. The fourth-order valence-corrected chi connectivity index (χ4v) is 9.91. The Morgan fingerprint density at radius 2 is 0.667 bits per heavy atom. The minimum Gasteiger partial charge on any atom is -0.507 e. The molecule has 0 atom stereocenters. The smallest absolute Gasteiger partial charge is 0.269 e. The molecule has 90 heavy (non-hydrogen) atoms. The lowest BCUT2D eigenvalue weighted by molar-refractivity contribution is -0.385. The van der Waals surface area contributed by atoms with Crippen molar-refractivity contribution in [1.29, 1.82) is 0 Å². The van der Waals surface area contributed by atoms with Crippen LogP contribution in [0.1, 0.15) is 79.1 Å². The van der Waals surface area contributed by atoms with Crippen molar-refractivity contribution >= 4 is 45.7 Å². The van der Waals surface area contributed by atoms with Crippen LogP contribution in [0, 0.1) is 20.2 Å². The normalized spacial score (nSPS) is 12.0. The van der Waals surface area contributed by atoms with E-state index in [0.717, 1.165) is 0 Å². The molecule has 8 aromatic carbocycles. The Morgan fingerprint density at radius 3 is 0.978 bits per heavy atom. The Bertz CT molecular complexity index is 3530. The lowest BCUT2D eigenvalue weighted by Crippen LogP contribution is -2.15. The number of ether oxygens (including phenoxy) is 8. The number of para-hydroxylation sites is 4. The van der Waals surface area contributed by atoms with Crippen LogP contribution in [0.2, 0.25) is 0 Å². The second kappa shape index (κ2) is 32.1. The van der Waals surface area contributed by atoms with Crippen molar-refractivity contribution in [1.82, 2.24) is 0 Å². The average molecular weight is 1220 g/mol. The maximum absolute atomic E-state index is 12.4. The molecule has 0 fully saturated rings. The molecule has 22 heteroatoms. The summed E-state index contributed by atoms with van der Waals surface area (Å²) in [4.78, 5) is 45.9. The van der Waals surface area contributed by atoms with Crippen LogP contribution in [-0.4, -0.2) is 111 Å². The largest absolute Gasteiger partial charge is 0.507 e. The Balaban J connectivity index is 0.992. The number of aromatic hydroxyl groups is 2. The summed E-state index contributed by atoms with van der Waals surface area (Å²) in [5.74, 6) is 1.70. The molecular formula is C68H66N6O16. The second-order valence-corrected chi connectivity index (χ2v) is 20.6. The van der Waals surface area contributed by atoms with Crippen molar-refractivity contribution in [3.8, 4) is 34.5 Å². The van der Waals surface area contributed by atoms with Crippen LogP contribution in [0.5, 0.6) is 34.5 Å². The summed E-state index contributed by atoms with van der Waals surface area (Å²) in [6, 6.07) is 43.5. The number of phenols is 2. The van der Waals surface area contributed by atoms with Crippen molar-refractivity contribution < 1.29 is 67.5 Å². The van der Waals surface area contributed by atoms with Crippen LogP contribution in [0.15, 0.2) is 178 Å². The van der Waals surface area contributed by atoms with Gasteiger partial charge in [0.2, 0.25) is 0 Å². The van der Waals surface area contributed by atoms with Crippen molar-refractivity contribution in [2.45, 2.75) is 39.5 Å². The number of Topliss-reactive ketones (excluding diaryl/α,β-unsaturated/α-hetero) is 2. The number of rotatable bonds is 30. The van der Waals surface area contributed by atoms with Crippen molar-refractivity contribution in [3.63, 3.8) is 0 Å². The third kappa shape index (κ3) is 17.9. The summed E-state index contributed by atoms with van der Waals surface area (Å²) in [6.45, 7) is 5.51. The number of nitro groups is 2. The second-order valence-electron chi connectivity index (χ2n) is 20.6. The zero-order valence-electron chi connectivity index (χ0n) is 49.6. The van der Waals surface area contributed by atoms with Crippen LogP contribution < -0.4 is 18.9 Å². The highest BCUT2D eigenvalue weighted by Gasteiger charge is 2.23. The summed E-state index contributed by atoms with van der Waals surface area (Å²) in [5.41, 5.74) is 6.88. The lowest BCUT2D eigenvalue weighted by Gasteiger charge is -2.21. The van der Waals surface area contributed by atoms with E-state index in [9.17, 15) is 40.0 Å². The van der Waals surface area contributed by atoms with Crippen molar-refractivity contribution in [2.24, 2.45) is 20.5 Å². The molecule has 1 aliphatic rings. The summed E-state index contributed by atoms with van der Waals surface area (Å²) in [5, 5.41) is 65.7. The highest BCUT2D eigenvalue weighted by atomic mass is 16.6. The minimum absolute atomic E-state index is 0.0106. The average Bonchev–Trinajstić information content (AvgIpc) is 1.03. The van der Waals surface area contributed by atoms with Crippen LogP contribution in [0.25, 0.3) is 0 Å². The third-order valence-corrected chi connectivity index (χ3v) is 14.3. The number of hydrogen-bond acceptors (Lipinski definition) is 20. The molecule has 22 nitrogen and oxygen atoms in total. The molecule has 0 saturated carbocycles. The lowest BCUT2D eigenvalue weighted by atomic mass is 9.91. The van der Waals surface area contributed by atoms with Gasteiger partial charge in [-0.1, -0.05) is 60.7 Å². The number of hydrogen-bond donors (Lipinski definition) is 2. The fraction of sp³-hybridized carbons (Fsp3) is 0.265. The van der Waals surface area contributed by atoms with E-state index in [0.29, 0.717) is 101 Å². The molecule has 0 radical (unpaired) electrons. The number of phenolic OH excluding ortho intramolecular Hbond substituents is 2. The van der Waals surface area contributed by atoms with Gasteiger partial charge < -0.3 is 48.1 Å². The number of nitro benzene ring substituents is 2. The Morgan fingerprint density at radius 1 is 0.378 bits per heavy atom. The number of ketones is 2. The molecule has 0 aliphatic heterocycles. The van der Waals surface area contributed by atoms with Gasteiger partial charge in [-0.05, 0) is 109 Å². The number of benzene rings is 8. The topological polar surface area (TPSA) is 284 Å². The summed E-state index contributed by atoms with van der Waals surface area (Å²) < 4.78 is 48.2. The van der Waals surface area contributed by atoms with Gasteiger partial charge in [-0.25, -0.2) is 0 Å². The van der Waals surface area contributed by atoms with E-state index < -0.39 is 9.85 Å². The Kier molecular flexibility index (Phi) is 22.9. The zero-order chi connectivity index (χ0) is 63.2. The highest BCUT2D eigenvalue weighted by Crippen LogP contribution is 2.41. The zero-order valence-corrected chi connectivity index (χ0v) is 49.6. The molecule has 9 rings (SSSR count). The van der Waals surface area contributed by atoms with Crippen molar-refractivity contribution in [3.05, 3.63) is 234 Å². The third-order valence-electron chi connectivity index (χ3n) is 14.3. The molecule has 2 N–H and O–H groups in total. The summed E-state index contributed by atoms with van der Waals surface area (Å²) in [6.07, 6.45) is 0.510. The van der Waals surface area contributed by atoms with Gasteiger partial charge in [-0.15, -0.1) is 0 Å². The molecule has 0 saturated heterocycles. The number of non-ortho nitro benzene ring substituents is 2. The van der Waals surface area contributed by atoms with Gasteiger partial charge >= 0.3 is 0 Å². The number of azo groups is 2. The van der Waals surface area contributed by atoms with E-state index in [1.54, 1.807) is 72.8 Å². The van der Waals surface area contributed by atoms with E-state index in [1.807, 2.05) is 36.4 Å². The molecule has 0 spiro atoms. The summed E-state index contributed by atoms with van der Waals surface area (Å²) >= 11 is 0. The predicted molar refractivity (Wildman–Crippen MR) is 333 cm³/mol. The summed E-state index contributed by atoms with van der Waals surface area (Å²) in [7, 11) is 0. The van der Waals surface area contributed by atoms with Gasteiger partial charge in [-0.3, -0.25) is 29.8 Å². The first-order valence-electron chi connectivity index (χ1n) is 29.0. The quantitative estimate of drug-likeness (QED) is 0.0139. The monoisotopic (exact) mass is 1220 g/mol. The molecule has 8 aromatic rings. The van der Waals surface area contributed by atoms with Gasteiger partial charge in [0.05, 0.1) is 96.6 Å². The standard InChI is InChI=1S/C68H66N6O16/c1-45(75)61-13-3-5-15-63(61)87-33-29-83-25-27-85-31-35-89-67-47-9-7-10-48(67)38-52-42-58(72-70-56-19-23-60(24-20-56)74(81)82)44-54(66(52)78)40-50-12-8-11-49(68(50)90-36-32-86-28-26-84-30-34-88-64-16-6-4-14-62(64)46(2)76)39-53-43-57(41-51(37-47)65(53)77)71-69-55-17-21-59(22-18-55)73(79)80/h3-24,41-44,77-78H,25-40H2,1-2H3. The van der Waals surface area contributed by atoms with Gasteiger partial charge in [0.25, 0.3) is 11.4 Å². The molecule has 464 valence electrons. The van der Waals surface area contributed by atoms with Crippen molar-refractivity contribution in [2.75, 3.05) is 79.3 Å². The number of fused-ring (bicyclic) bond motifs is 8. The van der Waals surface area contributed by atoms with Gasteiger partial charge in [-0.2, -0.15) is 20.5 Å². The number of carbonyl (C=O) groups excluding carboxylic acids is 2. The molecule has 0 heterocycles. The van der Waals surface area contributed by atoms with E-state index in [-0.39, 0.29) is 139 Å². The highest BCUT2D eigenvalue weighted by molar-refractivity contribution is 5.97. The van der Waals surface area contributed by atoms with Gasteiger partial charge in [0.15, 0.2) is 11.6 Å². The first-order chi connectivity index (χ1) is 43.8. The predicted octanol–water partition coefficient (Wildman–Crippen LogP) is 13.8. The van der Waals surface area contributed by atoms with Crippen LogP contribution in [0.4, 0.5) is 34.1 Å². The van der Waals surface area contributed by atoms with Crippen LogP contribution in [0.3, 0.4) is 0 Å². The minimum atomic E-state index is -0.497. The Hall–Kier alpha value is -10.3.